The van der Waals surface area contributed by atoms with Crippen LogP contribution in [0, 0.1) is 0 Å². The van der Waals surface area contributed by atoms with Gasteiger partial charge >= 0.3 is 0 Å². The van der Waals surface area contributed by atoms with Crippen molar-refractivity contribution in [1.82, 2.24) is 0 Å². The molecule has 3 aromatic carbocycles. The number of ether oxygens (including phenoxy) is 1. The Labute approximate surface area is 186 Å². The zero-order valence-electron chi connectivity index (χ0n) is 17.2. The lowest BCUT2D eigenvalue weighted by Gasteiger charge is -2.24. The molecule has 5 nitrogen and oxygen atoms in total. The number of aryl methyl sites for hydroxylation is 1. The average Bonchev–Trinajstić information content (AvgIpc) is 3.01. The number of nitrogens with zero attached hydrogens (tertiary/aromatic N) is 1. The number of benzene rings is 3. The Balaban J connectivity index is 1.61. The maximum Gasteiger partial charge on any atom is 0.262 e. The van der Waals surface area contributed by atoms with Gasteiger partial charge in [-0.2, -0.15) is 0 Å². The molecule has 31 heavy (non-hydrogen) atoms. The first-order valence-electron chi connectivity index (χ1n) is 10.2. The standard InChI is InChI=1S/C25H23ClN2O3/c1-31-23-16-18(27-24(29)19-10-3-4-11-21(19)26)13-14-20(23)25(30)28-15-7-6-9-17-8-2-5-12-22(17)28/h2-5,8,10-14,16H,6-7,9,15H2,1H3,(H,27,29). The number of fused-ring (bicyclic) bond motifs is 1. The Morgan fingerprint density at radius 2 is 1.74 bits per heavy atom. The lowest BCUT2D eigenvalue weighted by atomic mass is 10.1. The van der Waals surface area contributed by atoms with Gasteiger partial charge in [-0.1, -0.05) is 41.9 Å². The number of carbonyl (C=O) groups excluding carboxylic acids is 2. The number of anilines is 2. The van der Waals surface area contributed by atoms with Crippen LogP contribution in [-0.4, -0.2) is 25.5 Å². The monoisotopic (exact) mass is 434 g/mol. The van der Waals surface area contributed by atoms with Crippen LogP contribution < -0.4 is 15.0 Å². The predicted octanol–water partition coefficient (Wildman–Crippen LogP) is 5.58. The van der Waals surface area contributed by atoms with Gasteiger partial charge in [0, 0.05) is 24.0 Å². The fourth-order valence-corrected chi connectivity index (χ4v) is 4.06. The molecule has 6 heteroatoms. The van der Waals surface area contributed by atoms with Crippen molar-refractivity contribution >= 4 is 34.8 Å². The molecule has 0 saturated carbocycles. The van der Waals surface area contributed by atoms with E-state index in [0.29, 0.717) is 34.1 Å². The van der Waals surface area contributed by atoms with E-state index < -0.39 is 0 Å². The second-order valence-corrected chi connectivity index (χ2v) is 7.80. The number of amides is 2. The summed E-state index contributed by atoms with van der Waals surface area (Å²) in [5.41, 5.74) is 3.48. The molecular formula is C25H23ClN2O3. The molecule has 0 saturated heterocycles. The van der Waals surface area contributed by atoms with Crippen molar-refractivity contribution in [2.75, 3.05) is 23.9 Å². The summed E-state index contributed by atoms with van der Waals surface area (Å²) in [5.74, 6) is -0.0351. The molecule has 1 aliphatic rings. The molecule has 2 amide bonds. The number of hydrogen-bond acceptors (Lipinski definition) is 3. The van der Waals surface area contributed by atoms with Crippen LogP contribution >= 0.6 is 11.6 Å². The first-order valence-corrected chi connectivity index (χ1v) is 10.6. The van der Waals surface area contributed by atoms with Gasteiger partial charge < -0.3 is 15.0 Å². The number of para-hydroxylation sites is 1. The minimum Gasteiger partial charge on any atom is -0.496 e. The van der Waals surface area contributed by atoms with Gasteiger partial charge in [-0.25, -0.2) is 0 Å². The highest BCUT2D eigenvalue weighted by Gasteiger charge is 2.25. The van der Waals surface area contributed by atoms with Crippen LogP contribution in [0.2, 0.25) is 5.02 Å². The normalized spacial score (nSPS) is 13.2. The quantitative estimate of drug-likeness (QED) is 0.582. The van der Waals surface area contributed by atoms with Crippen LogP contribution in [0.5, 0.6) is 5.75 Å². The van der Waals surface area contributed by atoms with Crippen molar-refractivity contribution in [1.29, 1.82) is 0 Å². The summed E-state index contributed by atoms with van der Waals surface area (Å²) in [6.45, 7) is 0.657. The molecule has 1 aliphatic heterocycles. The summed E-state index contributed by atoms with van der Waals surface area (Å²) >= 11 is 6.12. The summed E-state index contributed by atoms with van der Waals surface area (Å²) in [5, 5.41) is 3.19. The van der Waals surface area contributed by atoms with E-state index in [1.54, 1.807) is 42.5 Å². The minimum absolute atomic E-state index is 0.116. The third-order valence-corrected chi connectivity index (χ3v) is 5.74. The summed E-state index contributed by atoms with van der Waals surface area (Å²) in [7, 11) is 1.52. The molecule has 0 atom stereocenters. The van der Waals surface area contributed by atoms with E-state index in [1.807, 2.05) is 23.1 Å². The second kappa shape index (κ2) is 9.23. The van der Waals surface area contributed by atoms with Gasteiger partial charge in [0.05, 0.1) is 23.3 Å². The third-order valence-electron chi connectivity index (χ3n) is 5.41. The SMILES string of the molecule is COc1cc(NC(=O)c2ccccc2Cl)ccc1C(=O)N1CCCCc2ccccc21. The fraction of sp³-hybridized carbons (Fsp3) is 0.200. The first kappa shape index (κ1) is 20.9. The van der Waals surface area contributed by atoms with Crippen LogP contribution in [0.3, 0.4) is 0 Å². The minimum atomic E-state index is -0.326. The largest absolute Gasteiger partial charge is 0.496 e. The summed E-state index contributed by atoms with van der Waals surface area (Å²) < 4.78 is 5.50. The zero-order chi connectivity index (χ0) is 21.8. The van der Waals surface area contributed by atoms with Gasteiger partial charge in [0.1, 0.15) is 5.75 Å². The van der Waals surface area contributed by atoms with Crippen molar-refractivity contribution in [2.24, 2.45) is 0 Å². The summed E-state index contributed by atoms with van der Waals surface area (Å²) in [6, 6.07) is 19.9. The number of halogens is 1. The highest BCUT2D eigenvalue weighted by atomic mass is 35.5. The van der Waals surface area contributed by atoms with Gasteiger partial charge in [-0.05, 0) is 55.2 Å². The Morgan fingerprint density at radius 1 is 0.968 bits per heavy atom. The summed E-state index contributed by atoms with van der Waals surface area (Å²) in [4.78, 5) is 27.8. The highest BCUT2D eigenvalue weighted by molar-refractivity contribution is 6.34. The van der Waals surface area contributed by atoms with E-state index in [1.165, 1.54) is 12.7 Å². The molecule has 3 aromatic rings. The van der Waals surface area contributed by atoms with Crippen molar-refractivity contribution in [2.45, 2.75) is 19.3 Å². The lowest BCUT2D eigenvalue weighted by Crippen LogP contribution is -2.32. The van der Waals surface area contributed by atoms with E-state index in [0.717, 1.165) is 24.9 Å². The van der Waals surface area contributed by atoms with Crippen molar-refractivity contribution in [3.8, 4) is 5.75 Å². The van der Waals surface area contributed by atoms with E-state index in [9.17, 15) is 9.59 Å². The van der Waals surface area contributed by atoms with Crippen molar-refractivity contribution in [3.05, 3.63) is 88.4 Å². The van der Waals surface area contributed by atoms with Crippen LogP contribution in [0.4, 0.5) is 11.4 Å². The van der Waals surface area contributed by atoms with Gasteiger partial charge in [-0.15, -0.1) is 0 Å². The molecule has 0 spiro atoms. The van der Waals surface area contributed by atoms with Crippen LogP contribution in [0.1, 0.15) is 39.1 Å². The van der Waals surface area contributed by atoms with Crippen molar-refractivity contribution < 1.29 is 14.3 Å². The van der Waals surface area contributed by atoms with E-state index in [-0.39, 0.29) is 11.8 Å². The average molecular weight is 435 g/mol. The van der Waals surface area contributed by atoms with Crippen LogP contribution in [0.25, 0.3) is 0 Å². The molecule has 0 bridgehead atoms. The Kier molecular flexibility index (Phi) is 6.23. The highest BCUT2D eigenvalue weighted by Crippen LogP contribution is 2.31. The lowest BCUT2D eigenvalue weighted by molar-refractivity contribution is 0.0983. The van der Waals surface area contributed by atoms with Crippen LogP contribution in [-0.2, 0) is 6.42 Å². The van der Waals surface area contributed by atoms with Gasteiger partial charge in [0.25, 0.3) is 11.8 Å². The molecule has 0 aliphatic carbocycles. The van der Waals surface area contributed by atoms with E-state index in [2.05, 4.69) is 11.4 Å². The molecule has 1 heterocycles. The maximum absolute atomic E-state index is 13.4. The van der Waals surface area contributed by atoms with Crippen molar-refractivity contribution in [3.63, 3.8) is 0 Å². The number of rotatable bonds is 4. The molecule has 158 valence electrons. The molecule has 0 fully saturated rings. The molecule has 1 N–H and O–H groups in total. The third kappa shape index (κ3) is 4.42. The smallest absolute Gasteiger partial charge is 0.262 e. The number of methoxy groups -OCH3 is 1. The molecule has 0 unspecified atom stereocenters. The molecule has 0 aromatic heterocycles. The number of carbonyl (C=O) groups is 2. The van der Waals surface area contributed by atoms with E-state index in [4.69, 9.17) is 16.3 Å². The van der Waals surface area contributed by atoms with E-state index >= 15 is 0 Å². The van der Waals surface area contributed by atoms with Gasteiger partial charge in [0.15, 0.2) is 0 Å². The fourth-order valence-electron chi connectivity index (χ4n) is 3.84. The zero-order valence-corrected chi connectivity index (χ0v) is 18.0. The Morgan fingerprint density at radius 3 is 2.55 bits per heavy atom. The Hall–Kier alpha value is -3.31. The molecular weight excluding hydrogens is 412 g/mol. The molecule has 4 rings (SSSR count). The maximum atomic E-state index is 13.4. The second-order valence-electron chi connectivity index (χ2n) is 7.39. The van der Waals surface area contributed by atoms with Gasteiger partial charge in [0.2, 0.25) is 0 Å². The topological polar surface area (TPSA) is 58.6 Å². The van der Waals surface area contributed by atoms with Crippen LogP contribution in [0.15, 0.2) is 66.7 Å². The first-order chi connectivity index (χ1) is 15.1. The predicted molar refractivity (Wildman–Crippen MR) is 123 cm³/mol. The summed E-state index contributed by atoms with van der Waals surface area (Å²) in [6.07, 6.45) is 2.95. The number of nitrogens with one attached hydrogen (secondary N) is 1. The van der Waals surface area contributed by atoms with Gasteiger partial charge in [-0.3, -0.25) is 9.59 Å². The number of hydrogen-bond donors (Lipinski definition) is 1. The Bertz CT molecular complexity index is 1130. The molecule has 0 radical (unpaired) electrons.